The number of benzene rings is 3. The molecule has 4 nitrogen and oxygen atoms in total. The Labute approximate surface area is 273 Å². The Morgan fingerprint density at radius 2 is 1.34 bits per heavy atom. The van der Waals surface area contributed by atoms with Crippen molar-refractivity contribution in [2.24, 2.45) is 0 Å². The summed E-state index contributed by atoms with van der Waals surface area (Å²) in [5.41, 5.74) is -1.69. The minimum atomic E-state index is -4.99. The maximum absolute atomic E-state index is 13.7. The van der Waals surface area contributed by atoms with Crippen LogP contribution in [0.2, 0.25) is 0 Å². The van der Waals surface area contributed by atoms with Crippen LogP contribution in [-0.2, 0) is 29.1 Å². The van der Waals surface area contributed by atoms with Crippen molar-refractivity contribution >= 4 is 5.91 Å². The lowest BCUT2D eigenvalue weighted by molar-refractivity contribution is -0.143. The molecule has 0 aromatic heterocycles. The number of likely N-dealkylation sites (N-methyl/N-ethyl adjacent to an activating group) is 1. The molecule has 0 bridgehead atoms. The zero-order chi connectivity index (χ0) is 34.0. The first-order valence-electron chi connectivity index (χ1n) is 16.2. The molecule has 0 spiro atoms. The van der Waals surface area contributed by atoms with Crippen molar-refractivity contribution in [2.75, 3.05) is 27.2 Å². The molecule has 2 fully saturated rings. The van der Waals surface area contributed by atoms with Gasteiger partial charge in [-0.15, -0.1) is 0 Å². The number of hydrogen-bond acceptors (Lipinski definition) is 3. The fraction of sp³-hybridized carbons (Fsp3) is 0.486. The summed E-state index contributed by atoms with van der Waals surface area (Å²) < 4.78 is 81.3. The summed E-state index contributed by atoms with van der Waals surface area (Å²) in [4.78, 5) is 18.6. The van der Waals surface area contributed by atoms with E-state index in [0.717, 1.165) is 50.8 Å². The van der Waals surface area contributed by atoms with E-state index < -0.39 is 40.8 Å². The van der Waals surface area contributed by atoms with E-state index in [1.54, 1.807) is 0 Å². The van der Waals surface area contributed by atoms with Gasteiger partial charge in [-0.05, 0) is 101 Å². The summed E-state index contributed by atoms with van der Waals surface area (Å²) in [6.45, 7) is 3.26. The molecule has 1 heterocycles. The van der Waals surface area contributed by atoms with Crippen LogP contribution in [0.3, 0.4) is 0 Å². The lowest BCUT2D eigenvalue weighted by atomic mass is 9.73. The van der Waals surface area contributed by atoms with E-state index in [2.05, 4.69) is 53.5 Å². The molecular formula is C37H43F6N3O. The normalized spacial score (nSPS) is 23.0. The van der Waals surface area contributed by atoms with Crippen LogP contribution in [-0.4, -0.2) is 54.5 Å². The number of rotatable bonds is 8. The molecule has 1 unspecified atom stereocenters. The molecule has 47 heavy (non-hydrogen) atoms. The minimum absolute atomic E-state index is 0.0693. The number of halogens is 6. The van der Waals surface area contributed by atoms with Crippen molar-refractivity contribution in [1.29, 1.82) is 0 Å². The van der Waals surface area contributed by atoms with Gasteiger partial charge in [0.05, 0.1) is 22.6 Å². The number of carbonyl (C=O) groups excluding carboxylic acids is 1. The van der Waals surface area contributed by atoms with Gasteiger partial charge >= 0.3 is 12.4 Å². The highest BCUT2D eigenvalue weighted by Crippen LogP contribution is 2.42. The monoisotopic (exact) mass is 659 g/mol. The van der Waals surface area contributed by atoms with Gasteiger partial charge in [0.25, 0.3) is 0 Å². The maximum atomic E-state index is 13.7. The number of likely N-dealkylation sites (tertiary alicyclic amines) is 1. The number of nitrogens with one attached hydrogen (secondary N) is 1. The van der Waals surface area contributed by atoms with E-state index in [9.17, 15) is 31.1 Å². The van der Waals surface area contributed by atoms with Crippen molar-refractivity contribution in [2.45, 2.75) is 87.3 Å². The SMILES string of the molecule is CC(C(=O)NC1(c2ccccc2)CCC(N2CCC(Cc3ccccc3)(N(C)C)CC2)CC1)c1cc(C(F)(F)F)cc(C(F)(F)F)c1. The zero-order valence-corrected chi connectivity index (χ0v) is 27.1. The first kappa shape index (κ1) is 35.0. The van der Waals surface area contributed by atoms with E-state index >= 15 is 0 Å². The van der Waals surface area contributed by atoms with Crippen molar-refractivity contribution in [3.63, 3.8) is 0 Å². The molecular weight excluding hydrogens is 616 g/mol. The lowest BCUT2D eigenvalue weighted by Crippen LogP contribution is -2.57. The van der Waals surface area contributed by atoms with Crippen LogP contribution in [0.1, 0.15) is 79.2 Å². The summed E-state index contributed by atoms with van der Waals surface area (Å²) in [7, 11) is 4.31. The third-order valence-corrected chi connectivity index (χ3v) is 10.6. The number of nitrogens with zero attached hydrogens (tertiary/aromatic N) is 2. The number of piperidine rings is 1. The molecule has 3 aromatic carbocycles. The van der Waals surface area contributed by atoms with Gasteiger partial charge < -0.3 is 15.1 Å². The van der Waals surface area contributed by atoms with Crippen molar-refractivity contribution in [3.8, 4) is 0 Å². The fourth-order valence-electron chi connectivity index (χ4n) is 7.49. The molecule has 1 saturated heterocycles. The average molecular weight is 660 g/mol. The molecule has 1 aliphatic heterocycles. The highest BCUT2D eigenvalue weighted by Gasteiger charge is 2.44. The van der Waals surface area contributed by atoms with Crippen molar-refractivity contribution in [1.82, 2.24) is 15.1 Å². The summed E-state index contributed by atoms with van der Waals surface area (Å²) in [6.07, 6.45) is -4.11. The minimum Gasteiger partial charge on any atom is -0.346 e. The summed E-state index contributed by atoms with van der Waals surface area (Å²) >= 11 is 0. The summed E-state index contributed by atoms with van der Waals surface area (Å²) in [6, 6.07) is 21.7. The smallest absolute Gasteiger partial charge is 0.346 e. The zero-order valence-electron chi connectivity index (χ0n) is 27.1. The number of amides is 1. The van der Waals surface area contributed by atoms with Gasteiger partial charge in [0, 0.05) is 24.7 Å². The number of alkyl halides is 6. The Morgan fingerprint density at radius 1 is 0.830 bits per heavy atom. The average Bonchev–Trinajstić information content (AvgIpc) is 3.05. The fourth-order valence-corrected chi connectivity index (χ4v) is 7.49. The largest absolute Gasteiger partial charge is 0.416 e. The van der Waals surface area contributed by atoms with Crippen LogP contribution in [0.4, 0.5) is 26.3 Å². The first-order chi connectivity index (χ1) is 22.1. The number of hydrogen-bond donors (Lipinski definition) is 1. The van der Waals surface area contributed by atoms with E-state index in [-0.39, 0.29) is 17.2 Å². The second kappa shape index (κ2) is 13.6. The Balaban J connectivity index is 1.31. The third-order valence-electron chi connectivity index (χ3n) is 10.6. The van der Waals surface area contributed by atoms with Crippen LogP contribution < -0.4 is 5.32 Å². The molecule has 5 rings (SSSR count). The molecule has 254 valence electrons. The van der Waals surface area contributed by atoms with Crippen LogP contribution in [0, 0.1) is 0 Å². The van der Waals surface area contributed by atoms with Gasteiger partial charge in [-0.25, -0.2) is 0 Å². The quantitative estimate of drug-likeness (QED) is 0.247. The Kier molecular flexibility index (Phi) is 10.1. The van der Waals surface area contributed by atoms with Crippen LogP contribution in [0.15, 0.2) is 78.9 Å². The second-order valence-electron chi connectivity index (χ2n) is 13.5. The molecule has 3 aromatic rings. The predicted octanol–water partition coefficient (Wildman–Crippen LogP) is 8.42. The first-order valence-corrected chi connectivity index (χ1v) is 16.2. The molecule has 1 N–H and O–H groups in total. The Hall–Kier alpha value is -3.37. The van der Waals surface area contributed by atoms with Crippen LogP contribution in [0.5, 0.6) is 0 Å². The lowest BCUT2D eigenvalue weighted by Gasteiger charge is -2.50. The molecule has 2 aliphatic rings. The molecule has 1 aliphatic carbocycles. The second-order valence-corrected chi connectivity index (χ2v) is 13.5. The van der Waals surface area contributed by atoms with Crippen molar-refractivity contribution in [3.05, 3.63) is 107 Å². The molecule has 0 radical (unpaired) electrons. The van der Waals surface area contributed by atoms with Gasteiger partial charge in [0.1, 0.15) is 0 Å². The summed E-state index contributed by atoms with van der Waals surface area (Å²) in [5, 5.41) is 3.12. The van der Waals surface area contributed by atoms with Gasteiger partial charge in [-0.1, -0.05) is 60.7 Å². The Morgan fingerprint density at radius 3 is 1.83 bits per heavy atom. The molecule has 1 atom stereocenters. The predicted molar refractivity (Wildman–Crippen MR) is 171 cm³/mol. The highest BCUT2D eigenvalue weighted by atomic mass is 19.4. The summed E-state index contributed by atoms with van der Waals surface area (Å²) in [5.74, 6) is -1.84. The number of carbonyl (C=O) groups is 1. The van der Waals surface area contributed by atoms with E-state index in [4.69, 9.17) is 0 Å². The van der Waals surface area contributed by atoms with Gasteiger partial charge in [-0.3, -0.25) is 4.79 Å². The highest BCUT2D eigenvalue weighted by molar-refractivity contribution is 5.84. The molecule has 1 amide bonds. The molecule has 10 heteroatoms. The van der Waals surface area contributed by atoms with Crippen LogP contribution >= 0.6 is 0 Å². The maximum Gasteiger partial charge on any atom is 0.416 e. The third kappa shape index (κ3) is 7.86. The van der Waals surface area contributed by atoms with E-state index in [0.29, 0.717) is 31.0 Å². The molecule has 1 saturated carbocycles. The van der Waals surface area contributed by atoms with Gasteiger partial charge in [-0.2, -0.15) is 26.3 Å². The van der Waals surface area contributed by atoms with Gasteiger partial charge in [0.2, 0.25) is 5.91 Å². The van der Waals surface area contributed by atoms with Gasteiger partial charge in [0.15, 0.2) is 0 Å². The van der Waals surface area contributed by atoms with Crippen LogP contribution in [0.25, 0.3) is 0 Å². The standard InChI is InChI=1S/C37H43F6N3O/c1-26(28-22-30(36(38,39)40)24-31(23-28)37(41,42)43)33(47)44-35(29-12-8-5-9-13-29)16-14-32(15-17-35)46-20-18-34(19-21-46,45(2)3)25-27-10-6-4-7-11-27/h4-13,22-24,26,32H,14-21,25H2,1-3H3,(H,44,47). The van der Waals surface area contributed by atoms with E-state index in [1.165, 1.54) is 12.5 Å². The topological polar surface area (TPSA) is 35.6 Å². The van der Waals surface area contributed by atoms with Crippen molar-refractivity contribution < 1.29 is 31.1 Å². The van der Waals surface area contributed by atoms with E-state index in [1.807, 2.05) is 36.4 Å². The Bertz CT molecular complexity index is 1460.